The van der Waals surface area contributed by atoms with Gasteiger partial charge in [-0.25, -0.2) is 8.78 Å². The quantitative estimate of drug-likeness (QED) is 0.889. The lowest BCUT2D eigenvalue weighted by molar-refractivity contribution is -0.0503. The topological polar surface area (TPSA) is 57.8 Å². The normalized spacial score (nSPS) is 35.0. The SMILES string of the molecule is Cc1[nH]nc(C(F)F)c1C(=O)NCC12CC3CC(CC(C3)C1)C2. The summed E-state index contributed by atoms with van der Waals surface area (Å²) >= 11 is 0. The molecule has 4 bridgehead atoms. The van der Waals surface area contributed by atoms with Crippen LogP contribution in [0.4, 0.5) is 8.78 Å². The number of carbonyl (C=O) groups excluding carboxylic acids is 1. The number of aromatic nitrogens is 2. The van der Waals surface area contributed by atoms with Gasteiger partial charge in [0.2, 0.25) is 0 Å². The lowest BCUT2D eigenvalue weighted by Crippen LogP contribution is -2.51. The molecule has 1 aromatic rings. The highest BCUT2D eigenvalue weighted by atomic mass is 19.3. The highest BCUT2D eigenvalue weighted by molar-refractivity contribution is 5.96. The van der Waals surface area contributed by atoms with Crippen LogP contribution in [0.25, 0.3) is 0 Å². The Bertz CT molecular complexity index is 590. The first-order valence-corrected chi connectivity index (χ1v) is 8.57. The maximum Gasteiger partial charge on any atom is 0.282 e. The summed E-state index contributed by atoms with van der Waals surface area (Å²) < 4.78 is 26.0. The first-order valence-electron chi connectivity index (χ1n) is 8.57. The molecule has 1 heterocycles. The van der Waals surface area contributed by atoms with E-state index in [1.54, 1.807) is 6.92 Å². The fraction of sp³-hybridized carbons (Fsp3) is 0.765. The number of halogens is 2. The predicted molar refractivity (Wildman–Crippen MR) is 81.2 cm³/mol. The molecule has 4 aliphatic carbocycles. The summed E-state index contributed by atoms with van der Waals surface area (Å²) in [5.74, 6) is 2.02. The second-order valence-electron chi connectivity index (χ2n) is 8.01. The maximum atomic E-state index is 13.0. The molecule has 4 saturated carbocycles. The Morgan fingerprint density at radius 3 is 2.35 bits per heavy atom. The van der Waals surface area contributed by atoms with E-state index in [0.29, 0.717) is 12.2 Å². The minimum atomic E-state index is -2.74. The van der Waals surface area contributed by atoms with E-state index >= 15 is 0 Å². The Morgan fingerprint density at radius 1 is 1.26 bits per heavy atom. The van der Waals surface area contributed by atoms with Crippen LogP contribution in [-0.4, -0.2) is 22.6 Å². The maximum absolute atomic E-state index is 13.0. The number of nitrogens with zero attached hydrogens (tertiary/aromatic N) is 1. The van der Waals surface area contributed by atoms with E-state index in [1.807, 2.05) is 0 Å². The summed E-state index contributed by atoms with van der Waals surface area (Å²) in [6, 6.07) is 0. The standard InChI is InChI=1S/C17H23F2N3O/c1-9-13(14(15(18)19)22-21-9)16(23)20-8-17-5-10-2-11(6-17)4-12(3-10)7-17/h10-12,15H,2-8H2,1H3,(H,20,23)(H,21,22). The van der Waals surface area contributed by atoms with Crippen LogP contribution in [0.15, 0.2) is 0 Å². The molecule has 1 amide bonds. The molecular weight excluding hydrogens is 300 g/mol. The number of aromatic amines is 1. The second kappa shape index (κ2) is 5.28. The zero-order valence-corrected chi connectivity index (χ0v) is 13.4. The molecule has 4 aliphatic rings. The zero-order chi connectivity index (χ0) is 16.2. The molecule has 4 nitrogen and oxygen atoms in total. The van der Waals surface area contributed by atoms with E-state index in [9.17, 15) is 13.6 Å². The Morgan fingerprint density at radius 2 is 1.83 bits per heavy atom. The molecule has 4 fully saturated rings. The van der Waals surface area contributed by atoms with Crippen molar-refractivity contribution in [3.8, 4) is 0 Å². The van der Waals surface area contributed by atoms with Gasteiger partial charge in [0.15, 0.2) is 0 Å². The number of carbonyl (C=O) groups is 1. The summed E-state index contributed by atoms with van der Waals surface area (Å²) in [5, 5.41) is 9.02. The Kier molecular flexibility index (Phi) is 3.46. The summed E-state index contributed by atoms with van der Waals surface area (Å²) in [4.78, 5) is 12.4. The second-order valence-corrected chi connectivity index (χ2v) is 8.01. The molecular formula is C17H23F2N3O. The van der Waals surface area contributed by atoms with E-state index in [0.717, 1.165) is 17.8 Å². The zero-order valence-electron chi connectivity index (χ0n) is 13.4. The molecule has 126 valence electrons. The van der Waals surface area contributed by atoms with Crippen molar-refractivity contribution in [3.63, 3.8) is 0 Å². The van der Waals surface area contributed by atoms with Crippen molar-refractivity contribution in [2.24, 2.45) is 23.2 Å². The van der Waals surface area contributed by atoms with E-state index < -0.39 is 18.0 Å². The molecule has 0 aromatic carbocycles. The number of amides is 1. The molecule has 0 spiro atoms. The van der Waals surface area contributed by atoms with Gasteiger partial charge in [-0.05, 0) is 68.6 Å². The highest BCUT2D eigenvalue weighted by Gasteiger charge is 2.50. The van der Waals surface area contributed by atoms with E-state index in [4.69, 9.17) is 0 Å². The third-order valence-corrected chi connectivity index (χ3v) is 6.20. The molecule has 0 unspecified atom stereocenters. The van der Waals surface area contributed by atoms with Gasteiger partial charge in [-0.3, -0.25) is 9.89 Å². The smallest absolute Gasteiger partial charge is 0.282 e. The minimum Gasteiger partial charge on any atom is -0.351 e. The van der Waals surface area contributed by atoms with Gasteiger partial charge in [-0.2, -0.15) is 5.10 Å². The van der Waals surface area contributed by atoms with Gasteiger partial charge in [0.25, 0.3) is 12.3 Å². The molecule has 0 saturated heterocycles. The number of H-pyrrole nitrogens is 1. The summed E-state index contributed by atoms with van der Waals surface area (Å²) in [6.45, 7) is 2.22. The summed E-state index contributed by atoms with van der Waals surface area (Å²) in [5.41, 5.74) is 0.186. The van der Waals surface area contributed by atoms with Crippen LogP contribution in [0.2, 0.25) is 0 Å². The van der Waals surface area contributed by atoms with Crippen LogP contribution >= 0.6 is 0 Å². The largest absolute Gasteiger partial charge is 0.351 e. The van der Waals surface area contributed by atoms with Crippen LogP contribution in [0.3, 0.4) is 0 Å². The first-order chi connectivity index (χ1) is 11.0. The van der Waals surface area contributed by atoms with Crippen molar-refractivity contribution in [1.82, 2.24) is 15.5 Å². The molecule has 0 aliphatic heterocycles. The minimum absolute atomic E-state index is 0.0183. The van der Waals surface area contributed by atoms with Gasteiger partial charge in [0.05, 0.1) is 5.56 Å². The van der Waals surface area contributed by atoms with Gasteiger partial charge in [-0.1, -0.05) is 0 Å². The van der Waals surface area contributed by atoms with Crippen molar-refractivity contribution in [2.45, 2.75) is 51.9 Å². The first kappa shape index (κ1) is 15.1. The molecule has 1 aromatic heterocycles. The summed E-state index contributed by atoms with van der Waals surface area (Å²) in [6.07, 6.45) is 4.87. The van der Waals surface area contributed by atoms with Crippen LogP contribution in [-0.2, 0) is 0 Å². The highest BCUT2D eigenvalue weighted by Crippen LogP contribution is 2.59. The molecule has 23 heavy (non-hydrogen) atoms. The van der Waals surface area contributed by atoms with Crippen molar-refractivity contribution in [2.75, 3.05) is 6.54 Å². The number of rotatable bonds is 4. The Hall–Kier alpha value is -1.46. The van der Waals surface area contributed by atoms with Crippen LogP contribution in [0.1, 0.15) is 66.7 Å². The average molecular weight is 323 g/mol. The fourth-order valence-electron chi connectivity index (χ4n) is 5.76. The van der Waals surface area contributed by atoms with Crippen LogP contribution < -0.4 is 5.32 Å². The number of nitrogens with one attached hydrogen (secondary N) is 2. The number of hydrogen-bond acceptors (Lipinski definition) is 2. The number of aryl methyl sites for hydroxylation is 1. The Labute approximate surface area is 134 Å². The van der Waals surface area contributed by atoms with Gasteiger partial charge < -0.3 is 5.32 Å². The monoisotopic (exact) mass is 323 g/mol. The average Bonchev–Trinajstić information content (AvgIpc) is 2.85. The van der Waals surface area contributed by atoms with E-state index in [2.05, 4.69) is 15.5 Å². The lowest BCUT2D eigenvalue weighted by atomic mass is 9.49. The van der Waals surface area contributed by atoms with Gasteiger partial charge in [0.1, 0.15) is 5.69 Å². The van der Waals surface area contributed by atoms with Gasteiger partial charge >= 0.3 is 0 Å². The van der Waals surface area contributed by atoms with Crippen molar-refractivity contribution in [3.05, 3.63) is 17.0 Å². The van der Waals surface area contributed by atoms with Crippen molar-refractivity contribution in [1.29, 1.82) is 0 Å². The van der Waals surface area contributed by atoms with Gasteiger partial charge in [-0.15, -0.1) is 0 Å². The van der Waals surface area contributed by atoms with E-state index in [1.165, 1.54) is 38.5 Å². The number of hydrogen-bond donors (Lipinski definition) is 2. The van der Waals surface area contributed by atoms with Crippen LogP contribution in [0, 0.1) is 30.1 Å². The van der Waals surface area contributed by atoms with Crippen LogP contribution in [0.5, 0.6) is 0 Å². The molecule has 0 radical (unpaired) electrons. The van der Waals surface area contributed by atoms with Gasteiger partial charge in [0, 0.05) is 12.2 Å². The predicted octanol–water partition coefficient (Wildman–Crippen LogP) is 3.60. The molecule has 2 N–H and O–H groups in total. The Balaban J connectivity index is 1.47. The van der Waals surface area contributed by atoms with E-state index in [-0.39, 0.29) is 11.0 Å². The van der Waals surface area contributed by atoms with Crippen molar-refractivity contribution >= 4 is 5.91 Å². The molecule has 5 rings (SSSR count). The lowest BCUT2D eigenvalue weighted by Gasteiger charge is -2.56. The third-order valence-electron chi connectivity index (χ3n) is 6.20. The van der Waals surface area contributed by atoms with Crippen molar-refractivity contribution < 1.29 is 13.6 Å². The number of alkyl halides is 2. The third kappa shape index (κ3) is 2.56. The molecule has 0 atom stereocenters. The molecule has 6 heteroatoms. The fourth-order valence-corrected chi connectivity index (χ4v) is 5.76. The summed E-state index contributed by atoms with van der Waals surface area (Å²) in [7, 11) is 0.